The first-order valence-electron chi connectivity index (χ1n) is 10.7. The number of thioether (sulfide) groups is 1. The fraction of sp³-hybridized carbons (Fsp3) is 0.0400. The number of hydrogen-bond acceptors (Lipinski definition) is 8. The lowest BCUT2D eigenvalue weighted by molar-refractivity contribution is -0.114. The van der Waals surface area contributed by atoms with Crippen LogP contribution in [0.4, 0.5) is 0 Å². The Morgan fingerprint density at radius 2 is 1.76 bits per heavy atom. The van der Waals surface area contributed by atoms with Gasteiger partial charge in [-0.05, 0) is 53.7 Å². The summed E-state index contributed by atoms with van der Waals surface area (Å²) in [5, 5.41) is 15.6. The number of ether oxygens (including phenoxy) is 1. The number of aliphatic imine (C=N–C) groups is 1. The van der Waals surface area contributed by atoms with Crippen LogP contribution < -0.4 is 8.92 Å². The lowest BCUT2D eigenvalue weighted by Crippen LogP contribution is -2.35. The maximum Gasteiger partial charge on any atom is 0.339 e. The molecular formula is C25H17ClN4O5S2. The van der Waals surface area contributed by atoms with Crippen molar-refractivity contribution in [1.82, 2.24) is 5.01 Å². The number of amidine groups is 2. The van der Waals surface area contributed by atoms with Crippen LogP contribution in [0.5, 0.6) is 11.5 Å². The second-order valence-electron chi connectivity index (χ2n) is 7.67. The Labute approximate surface area is 221 Å². The van der Waals surface area contributed by atoms with Crippen molar-refractivity contribution in [2.24, 2.45) is 10.1 Å². The zero-order valence-electron chi connectivity index (χ0n) is 19.1. The molecule has 1 N–H and O–H groups in total. The average molecular weight is 553 g/mol. The number of methoxy groups -OCH3 is 1. The first kappa shape index (κ1) is 24.8. The third-order valence-electron chi connectivity index (χ3n) is 5.29. The molecule has 0 spiro atoms. The number of fused-ring (bicyclic) bond motifs is 1. The number of hydrazone groups is 1. The van der Waals surface area contributed by atoms with Crippen LogP contribution in [-0.4, -0.2) is 42.5 Å². The number of carbonyl (C=O) groups is 1. The highest BCUT2D eigenvalue weighted by atomic mass is 35.5. The Morgan fingerprint density at radius 1 is 1.03 bits per heavy atom. The average Bonchev–Trinajstić information content (AvgIpc) is 3.31. The number of nitrogens with zero attached hydrogens (tertiary/aromatic N) is 3. The summed E-state index contributed by atoms with van der Waals surface area (Å²) in [6.45, 7) is 0. The third kappa shape index (κ3) is 4.88. The minimum atomic E-state index is -4.08. The molecule has 3 aromatic carbocycles. The molecule has 1 amide bonds. The molecule has 0 atom stereocenters. The molecule has 5 rings (SSSR count). The van der Waals surface area contributed by atoms with E-state index in [4.69, 9.17) is 25.9 Å². The van der Waals surface area contributed by atoms with E-state index in [2.05, 4.69) is 10.1 Å². The van der Waals surface area contributed by atoms with Gasteiger partial charge in [-0.25, -0.2) is 0 Å². The molecule has 2 heterocycles. The Hall–Kier alpha value is -3.93. The van der Waals surface area contributed by atoms with Crippen LogP contribution in [0.3, 0.4) is 0 Å². The fourth-order valence-corrected chi connectivity index (χ4v) is 5.67. The van der Waals surface area contributed by atoms with Gasteiger partial charge in [-0.2, -0.15) is 23.5 Å². The van der Waals surface area contributed by atoms with Gasteiger partial charge in [0.1, 0.15) is 9.94 Å². The highest BCUT2D eigenvalue weighted by Crippen LogP contribution is 2.35. The van der Waals surface area contributed by atoms with Crippen LogP contribution >= 0.6 is 23.4 Å². The predicted octanol–water partition coefficient (Wildman–Crippen LogP) is 4.78. The van der Waals surface area contributed by atoms with Crippen LogP contribution in [-0.2, 0) is 14.9 Å². The van der Waals surface area contributed by atoms with Crippen molar-refractivity contribution in [3.05, 3.63) is 94.5 Å². The quantitative estimate of drug-likeness (QED) is 0.345. The molecular weight excluding hydrogens is 536 g/mol. The molecule has 2 aliphatic rings. The van der Waals surface area contributed by atoms with E-state index >= 15 is 0 Å². The summed E-state index contributed by atoms with van der Waals surface area (Å²) in [6.07, 6.45) is 1.45. The van der Waals surface area contributed by atoms with Crippen LogP contribution in [0.15, 0.2) is 93.4 Å². The fourth-order valence-electron chi connectivity index (χ4n) is 3.50. The van der Waals surface area contributed by atoms with E-state index in [0.717, 1.165) is 11.8 Å². The number of rotatable bonds is 6. The highest BCUT2D eigenvalue weighted by molar-refractivity contribution is 8.27. The Kier molecular flexibility index (Phi) is 6.59. The SMILES string of the molecule is COc1cc(/C=C2\C(=N)N3N=C(c4ccccc4Cl)SC3=NC2=O)ccc1OS(=O)(=O)c1ccccc1. The number of hydrogen-bond donors (Lipinski definition) is 1. The lowest BCUT2D eigenvalue weighted by atomic mass is 10.1. The van der Waals surface area contributed by atoms with Gasteiger partial charge in [0.15, 0.2) is 17.3 Å². The van der Waals surface area contributed by atoms with Crippen LogP contribution in [0.2, 0.25) is 5.02 Å². The number of halogens is 1. The molecule has 12 heteroatoms. The second-order valence-corrected chi connectivity index (χ2v) is 10.6. The molecule has 0 saturated heterocycles. The smallest absolute Gasteiger partial charge is 0.339 e. The van der Waals surface area contributed by atoms with Crippen molar-refractivity contribution < 1.29 is 22.1 Å². The summed E-state index contributed by atoms with van der Waals surface area (Å²) < 4.78 is 35.8. The zero-order chi connectivity index (χ0) is 26.2. The predicted molar refractivity (Wildman–Crippen MR) is 143 cm³/mol. The number of nitrogens with one attached hydrogen (secondary N) is 1. The second kappa shape index (κ2) is 9.85. The van der Waals surface area contributed by atoms with E-state index in [-0.39, 0.29) is 33.0 Å². The van der Waals surface area contributed by atoms with Gasteiger partial charge in [0.2, 0.25) is 5.17 Å². The molecule has 0 fully saturated rings. The summed E-state index contributed by atoms with van der Waals surface area (Å²) in [7, 11) is -2.71. The topological polar surface area (TPSA) is 121 Å². The van der Waals surface area contributed by atoms with Gasteiger partial charge in [0.05, 0.1) is 17.7 Å². The molecule has 0 bridgehead atoms. The summed E-state index contributed by atoms with van der Waals surface area (Å²) in [5.41, 5.74) is 1.14. The highest BCUT2D eigenvalue weighted by Gasteiger charge is 2.36. The van der Waals surface area contributed by atoms with Crippen molar-refractivity contribution in [3.8, 4) is 11.5 Å². The van der Waals surface area contributed by atoms with Gasteiger partial charge in [-0.1, -0.05) is 54.1 Å². The third-order valence-corrected chi connectivity index (χ3v) is 7.81. The molecule has 0 radical (unpaired) electrons. The molecule has 0 unspecified atom stereocenters. The largest absolute Gasteiger partial charge is 0.493 e. The van der Waals surface area contributed by atoms with E-state index in [1.807, 2.05) is 6.07 Å². The first-order chi connectivity index (χ1) is 17.8. The van der Waals surface area contributed by atoms with Gasteiger partial charge < -0.3 is 8.92 Å². The van der Waals surface area contributed by atoms with Gasteiger partial charge in [0, 0.05) is 5.56 Å². The molecule has 37 heavy (non-hydrogen) atoms. The molecule has 9 nitrogen and oxygen atoms in total. The normalized spacial score (nSPS) is 16.4. The Morgan fingerprint density at radius 3 is 2.49 bits per heavy atom. The number of carbonyl (C=O) groups excluding carboxylic acids is 1. The van der Waals surface area contributed by atoms with Gasteiger partial charge in [-0.3, -0.25) is 10.2 Å². The summed E-state index contributed by atoms with van der Waals surface area (Å²) in [4.78, 5) is 16.9. The van der Waals surface area contributed by atoms with E-state index in [9.17, 15) is 13.2 Å². The van der Waals surface area contributed by atoms with Crippen molar-refractivity contribution >= 4 is 61.5 Å². The number of benzene rings is 3. The molecule has 186 valence electrons. The Balaban J connectivity index is 1.43. The van der Waals surface area contributed by atoms with Crippen molar-refractivity contribution in [2.75, 3.05) is 7.11 Å². The van der Waals surface area contributed by atoms with Crippen LogP contribution in [0.1, 0.15) is 11.1 Å². The van der Waals surface area contributed by atoms with Crippen LogP contribution in [0, 0.1) is 5.41 Å². The van der Waals surface area contributed by atoms with Crippen molar-refractivity contribution in [3.63, 3.8) is 0 Å². The molecule has 0 saturated carbocycles. The van der Waals surface area contributed by atoms with E-state index in [1.165, 1.54) is 42.5 Å². The Bertz CT molecular complexity index is 1640. The van der Waals surface area contributed by atoms with E-state index in [1.54, 1.807) is 42.5 Å². The molecule has 2 aliphatic heterocycles. The zero-order valence-corrected chi connectivity index (χ0v) is 21.5. The van der Waals surface area contributed by atoms with Crippen molar-refractivity contribution in [2.45, 2.75) is 4.90 Å². The number of amides is 1. The molecule has 0 aliphatic carbocycles. The van der Waals surface area contributed by atoms with Gasteiger partial charge >= 0.3 is 10.1 Å². The standard InChI is InChI=1S/C25H17ClN4O5S2/c1-34-21-14-15(11-12-20(21)35-37(32,33)16-7-3-2-4-8-16)13-18-22(27)30-25(28-23(18)31)36-24(29-30)17-9-5-6-10-19(17)26/h2-14,27H,1H3/b18-13+,27-22?. The summed E-state index contributed by atoms with van der Waals surface area (Å²) in [5.74, 6) is -0.659. The van der Waals surface area contributed by atoms with E-state index in [0.29, 0.717) is 21.2 Å². The first-order valence-corrected chi connectivity index (χ1v) is 13.3. The monoisotopic (exact) mass is 552 g/mol. The van der Waals surface area contributed by atoms with Crippen LogP contribution in [0.25, 0.3) is 6.08 Å². The van der Waals surface area contributed by atoms with E-state index < -0.39 is 16.0 Å². The maximum absolute atomic E-state index is 12.8. The molecule has 0 aromatic heterocycles. The van der Waals surface area contributed by atoms with Crippen molar-refractivity contribution in [1.29, 1.82) is 5.41 Å². The minimum absolute atomic E-state index is 0.00105. The minimum Gasteiger partial charge on any atom is -0.493 e. The maximum atomic E-state index is 12.8. The van der Waals surface area contributed by atoms with Gasteiger partial charge in [0.25, 0.3) is 5.91 Å². The van der Waals surface area contributed by atoms with Gasteiger partial charge in [-0.15, -0.1) is 0 Å². The summed E-state index contributed by atoms with van der Waals surface area (Å²) >= 11 is 7.42. The molecule has 3 aromatic rings. The summed E-state index contributed by atoms with van der Waals surface area (Å²) in [6, 6.07) is 19.3. The lowest BCUT2D eigenvalue weighted by Gasteiger charge is -2.20.